The van der Waals surface area contributed by atoms with Crippen LogP contribution in [0.1, 0.15) is 30.9 Å². The summed E-state index contributed by atoms with van der Waals surface area (Å²) < 4.78 is 0. The van der Waals surface area contributed by atoms with Gasteiger partial charge in [-0.05, 0) is 49.9 Å². The van der Waals surface area contributed by atoms with Crippen molar-refractivity contribution in [2.24, 2.45) is 0 Å². The lowest BCUT2D eigenvalue weighted by molar-refractivity contribution is 0.181. The van der Waals surface area contributed by atoms with E-state index in [2.05, 4.69) is 65.7 Å². The number of fused-ring (bicyclic) bond motifs is 1. The van der Waals surface area contributed by atoms with Crippen LogP contribution >= 0.6 is 0 Å². The Bertz CT molecular complexity index is 761. The zero-order valence-corrected chi connectivity index (χ0v) is 15.4. The lowest BCUT2D eigenvalue weighted by Gasteiger charge is -2.34. The summed E-state index contributed by atoms with van der Waals surface area (Å²) in [5.74, 6) is 0. The van der Waals surface area contributed by atoms with Crippen LogP contribution in [0, 0.1) is 0 Å². The van der Waals surface area contributed by atoms with Crippen molar-refractivity contribution in [2.45, 2.75) is 44.8 Å². The molecule has 0 saturated carbocycles. The van der Waals surface area contributed by atoms with Gasteiger partial charge in [0.15, 0.2) is 0 Å². The van der Waals surface area contributed by atoms with Crippen LogP contribution in [0.3, 0.4) is 0 Å². The monoisotopic (exact) mass is 349 g/mol. The number of nitrogens with zero attached hydrogens (tertiary/aromatic N) is 2. The Morgan fingerprint density at radius 2 is 1.88 bits per heavy atom. The first-order chi connectivity index (χ1) is 12.7. The highest BCUT2D eigenvalue weighted by atomic mass is 16.2. The van der Waals surface area contributed by atoms with E-state index in [0.717, 1.165) is 44.6 Å². The second-order valence-corrected chi connectivity index (χ2v) is 7.56. The average molecular weight is 349 g/mol. The zero-order chi connectivity index (χ0) is 17.9. The smallest absolute Gasteiger partial charge is 0.322 e. The largest absolute Gasteiger partial charge is 0.334 e. The number of hydrogen-bond acceptors (Lipinski definition) is 2. The Balaban J connectivity index is 1.38. The summed E-state index contributed by atoms with van der Waals surface area (Å²) >= 11 is 0. The minimum atomic E-state index is 0.0500. The van der Waals surface area contributed by atoms with Gasteiger partial charge in [0, 0.05) is 30.9 Å². The zero-order valence-electron chi connectivity index (χ0n) is 15.4. The van der Waals surface area contributed by atoms with Crippen LogP contribution in [0.4, 0.5) is 10.5 Å². The quantitative estimate of drug-likeness (QED) is 0.914. The fraction of sp³-hybridized carbons (Fsp3) is 0.409. The number of para-hydroxylation sites is 1. The fourth-order valence-corrected chi connectivity index (χ4v) is 4.28. The number of rotatable bonds is 3. The van der Waals surface area contributed by atoms with Crippen molar-refractivity contribution in [3.05, 3.63) is 65.7 Å². The van der Waals surface area contributed by atoms with Gasteiger partial charge in [0.25, 0.3) is 0 Å². The molecule has 2 aliphatic heterocycles. The molecule has 26 heavy (non-hydrogen) atoms. The van der Waals surface area contributed by atoms with Crippen LogP contribution in [0.15, 0.2) is 54.6 Å². The first kappa shape index (κ1) is 17.1. The van der Waals surface area contributed by atoms with E-state index >= 15 is 0 Å². The van der Waals surface area contributed by atoms with Gasteiger partial charge in [-0.25, -0.2) is 4.79 Å². The van der Waals surface area contributed by atoms with E-state index in [0.29, 0.717) is 0 Å². The molecule has 0 radical (unpaired) electrons. The molecule has 2 amide bonds. The van der Waals surface area contributed by atoms with Gasteiger partial charge in [-0.1, -0.05) is 48.5 Å². The van der Waals surface area contributed by atoms with Gasteiger partial charge in [0.05, 0.1) is 0 Å². The molecule has 2 atom stereocenters. The maximum absolute atomic E-state index is 12.9. The second kappa shape index (κ2) is 7.50. The molecule has 1 fully saturated rings. The van der Waals surface area contributed by atoms with Crippen LogP contribution < -0.4 is 10.2 Å². The predicted octanol–water partition coefficient (Wildman–Crippen LogP) is 3.81. The third-order valence-electron chi connectivity index (χ3n) is 5.51. The fourth-order valence-electron chi connectivity index (χ4n) is 4.28. The molecule has 4 rings (SSSR count). The van der Waals surface area contributed by atoms with Crippen molar-refractivity contribution in [3.8, 4) is 0 Å². The molecule has 2 aliphatic rings. The van der Waals surface area contributed by atoms with E-state index < -0.39 is 0 Å². The van der Waals surface area contributed by atoms with Gasteiger partial charge in [0.2, 0.25) is 0 Å². The molecule has 4 heteroatoms. The number of likely N-dealkylation sites (tertiary alicyclic amines) is 1. The normalized spacial score (nSPS) is 22.9. The molecule has 1 saturated heterocycles. The molecular weight excluding hydrogens is 322 g/mol. The number of carbonyl (C=O) groups excluding carboxylic acids is 1. The number of hydrogen-bond donors (Lipinski definition) is 1. The van der Waals surface area contributed by atoms with E-state index in [1.54, 1.807) is 0 Å². The van der Waals surface area contributed by atoms with Crippen LogP contribution in [0.5, 0.6) is 0 Å². The first-order valence-corrected chi connectivity index (χ1v) is 9.64. The third kappa shape index (κ3) is 3.61. The second-order valence-electron chi connectivity index (χ2n) is 7.56. The minimum Gasteiger partial charge on any atom is -0.334 e. The highest BCUT2D eigenvalue weighted by Crippen LogP contribution is 2.31. The summed E-state index contributed by atoms with van der Waals surface area (Å²) in [5.41, 5.74) is 3.67. The van der Waals surface area contributed by atoms with Crippen molar-refractivity contribution in [2.75, 3.05) is 18.0 Å². The number of carbonyl (C=O) groups is 1. The molecule has 0 aliphatic carbocycles. The van der Waals surface area contributed by atoms with Gasteiger partial charge in [-0.3, -0.25) is 9.80 Å². The molecule has 2 aromatic carbocycles. The molecule has 2 heterocycles. The third-order valence-corrected chi connectivity index (χ3v) is 5.51. The summed E-state index contributed by atoms with van der Waals surface area (Å²) in [6.45, 7) is 5.10. The molecule has 2 aromatic rings. The molecule has 0 aromatic heterocycles. The van der Waals surface area contributed by atoms with Gasteiger partial charge < -0.3 is 5.32 Å². The number of anilines is 1. The lowest BCUT2D eigenvalue weighted by atomic mass is 10.0. The Morgan fingerprint density at radius 3 is 2.73 bits per heavy atom. The van der Waals surface area contributed by atoms with Crippen molar-refractivity contribution in [1.82, 2.24) is 10.2 Å². The van der Waals surface area contributed by atoms with E-state index in [4.69, 9.17) is 0 Å². The van der Waals surface area contributed by atoms with Crippen LogP contribution in [-0.2, 0) is 13.0 Å². The summed E-state index contributed by atoms with van der Waals surface area (Å²) in [5, 5.41) is 3.29. The summed E-state index contributed by atoms with van der Waals surface area (Å²) in [4.78, 5) is 17.3. The molecule has 1 N–H and O–H groups in total. The van der Waals surface area contributed by atoms with Crippen LogP contribution in [0.2, 0.25) is 0 Å². The molecule has 4 nitrogen and oxygen atoms in total. The lowest BCUT2D eigenvalue weighted by Crippen LogP contribution is -2.52. The molecule has 0 bridgehead atoms. The van der Waals surface area contributed by atoms with Gasteiger partial charge >= 0.3 is 6.03 Å². The van der Waals surface area contributed by atoms with Crippen LogP contribution in [-0.4, -0.2) is 36.1 Å². The maximum Gasteiger partial charge on any atom is 0.322 e. The Labute approximate surface area is 155 Å². The molecule has 2 unspecified atom stereocenters. The van der Waals surface area contributed by atoms with Gasteiger partial charge in [-0.15, -0.1) is 0 Å². The summed E-state index contributed by atoms with van der Waals surface area (Å²) in [6, 6.07) is 19.3. The number of benzene rings is 2. The van der Waals surface area contributed by atoms with Crippen molar-refractivity contribution in [3.63, 3.8) is 0 Å². The van der Waals surface area contributed by atoms with E-state index in [9.17, 15) is 4.79 Å². The van der Waals surface area contributed by atoms with Crippen molar-refractivity contribution in [1.29, 1.82) is 0 Å². The Kier molecular flexibility index (Phi) is 4.93. The highest BCUT2D eigenvalue weighted by molar-refractivity contribution is 5.95. The van der Waals surface area contributed by atoms with Gasteiger partial charge in [-0.2, -0.15) is 0 Å². The summed E-state index contributed by atoms with van der Waals surface area (Å²) in [6.07, 6.45) is 3.12. The van der Waals surface area contributed by atoms with Crippen molar-refractivity contribution >= 4 is 11.7 Å². The number of nitrogens with one attached hydrogen (secondary N) is 1. The van der Waals surface area contributed by atoms with E-state index in [1.807, 2.05) is 11.0 Å². The highest BCUT2D eigenvalue weighted by Gasteiger charge is 2.32. The molecule has 136 valence electrons. The average Bonchev–Trinajstić information content (AvgIpc) is 2.98. The van der Waals surface area contributed by atoms with E-state index in [1.165, 1.54) is 11.1 Å². The predicted molar refractivity (Wildman–Crippen MR) is 105 cm³/mol. The Hall–Kier alpha value is -2.33. The Morgan fingerprint density at radius 1 is 1.12 bits per heavy atom. The molecule has 0 spiro atoms. The van der Waals surface area contributed by atoms with Crippen LogP contribution in [0.25, 0.3) is 0 Å². The maximum atomic E-state index is 12.9. The topological polar surface area (TPSA) is 35.6 Å². The first-order valence-electron chi connectivity index (χ1n) is 9.64. The summed E-state index contributed by atoms with van der Waals surface area (Å²) in [7, 11) is 0. The number of amides is 2. The number of piperidine rings is 1. The standard InChI is InChI=1S/C22H27N3O/c1-17-14-19-10-5-6-12-21(19)25(17)22(26)23-20-11-7-13-24(16-20)15-18-8-3-2-4-9-18/h2-6,8-10,12,17,20H,7,11,13-16H2,1H3,(H,23,26). The van der Waals surface area contributed by atoms with E-state index in [-0.39, 0.29) is 18.1 Å². The molecular formula is C22H27N3O. The van der Waals surface area contributed by atoms with Crippen molar-refractivity contribution < 1.29 is 4.79 Å². The van der Waals surface area contributed by atoms with Gasteiger partial charge in [0.1, 0.15) is 0 Å². The minimum absolute atomic E-state index is 0.0500. The number of urea groups is 1. The SMILES string of the molecule is CC1Cc2ccccc2N1C(=O)NC1CCCN(Cc2ccccc2)C1.